The van der Waals surface area contributed by atoms with Crippen molar-refractivity contribution < 1.29 is 14.3 Å². The van der Waals surface area contributed by atoms with Gasteiger partial charge < -0.3 is 15.2 Å². The molecule has 6 heteroatoms. The Morgan fingerprint density at radius 3 is 2.55 bits per heavy atom. The van der Waals surface area contributed by atoms with E-state index >= 15 is 0 Å². The van der Waals surface area contributed by atoms with Gasteiger partial charge in [-0.2, -0.15) is 5.26 Å². The molecule has 0 aromatic heterocycles. The molecule has 2 rings (SSSR count). The monoisotopic (exact) mass is 316 g/mol. The van der Waals surface area contributed by atoms with Crippen LogP contribution in [0.3, 0.4) is 0 Å². The van der Waals surface area contributed by atoms with E-state index in [2.05, 4.69) is 0 Å². The molecule has 0 saturated heterocycles. The van der Waals surface area contributed by atoms with Gasteiger partial charge in [0.1, 0.15) is 6.61 Å². The summed E-state index contributed by atoms with van der Waals surface area (Å²) in [7, 11) is 1.47. The van der Waals surface area contributed by atoms with Crippen molar-refractivity contribution in [3.8, 4) is 17.6 Å². The zero-order valence-electron chi connectivity index (χ0n) is 11.8. The average molecular weight is 317 g/mol. The van der Waals surface area contributed by atoms with Crippen molar-refractivity contribution >= 4 is 17.5 Å². The first kappa shape index (κ1) is 15.7. The molecule has 0 spiro atoms. The lowest BCUT2D eigenvalue weighted by molar-refractivity contribution is 0.1000. The van der Waals surface area contributed by atoms with Crippen LogP contribution in [-0.4, -0.2) is 13.0 Å². The Bertz CT molecular complexity index is 736. The quantitative estimate of drug-likeness (QED) is 0.919. The van der Waals surface area contributed by atoms with Gasteiger partial charge in [0, 0.05) is 11.6 Å². The number of ether oxygens (including phenoxy) is 2. The third-order valence-electron chi connectivity index (χ3n) is 2.98. The van der Waals surface area contributed by atoms with Crippen LogP contribution in [-0.2, 0) is 6.61 Å². The van der Waals surface area contributed by atoms with Crippen LogP contribution in [0.1, 0.15) is 21.5 Å². The second-order valence-corrected chi connectivity index (χ2v) is 4.86. The lowest BCUT2D eigenvalue weighted by Crippen LogP contribution is -2.10. The number of amides is 1. The molecule has 2 aromatic rings. The number of carbonyl (C=O) groups is 1. The van der Waals surface area contributed by atoms with Crippen LogP contribution < -0.4 is 15.2 Å². The number of nitriles is 1. The molecule has 0 unspecified atom stereocenters. The lowest BCUT2D eigenvalue weighted by atomic mass is 10.1. The number of benzene rings is 2. The van der Waals surface area contributed by atoms with Crippen molar-refractivity contribution in [1.82, 2.24) is 0 Å². The van der Waals surface area contributed by atoms with E-state index in [0.29, 0.717) is 27.6 Å². The Kier molecular flexibility index (Phi) is 4.87. The summed E-state index contributed by atoms with van der Waals surface area (Å²) in [6.07, 6.45) is 0. The van der Waals surface area contributed by atoms with Crippen molar-refractivity contribution in [3.05, 3.63) is 58.1 Å². The first-order valence-electron chi connectivity index (χ1n) is 6.34. The Labute approximate surface area is 132 Å². The van der Waals surface area contributed by atoms with Gasteiger partial charge >= 0.3 is 0 Å². The van der Waals surface area contributed by atoms with Gasteiger partial charge in [0.2, 0.25) is 5.91 Å². The number of nitrogens with two attached hydrogens (primary N) is 1. The molecule has 2 N–H and O–H groups in total. The third kappa shape index (κ3) is 3.48. The highest BCUT2D eigenvalue weighted by molar-refractivity contribution is 6.32. The first-order chi connectivity index (χ1) is 10.5. The van der Waals surface area contributed by atoms with Crippen LogP contribution >= 0.6 is 11.6 Å². The minimum atomic E-state index is -0.482. The van der Waals surface area contributed by atoms with Crippen molar-refractivity contribution in [2.45, 2.75) is 6.61 Å². The van der Waals surface area contributed by atoms with Crippen LogP contribution in [0.5, 0.6) is 11.5 Å². The Morgan fingerprint density at radius 2 is 2.00 bits per heavy atom. The summed E-state index contributed by atoms with van der Waals surface area (Å²) in [6, 6.07) is 11.8. The second-order valence-electron chi connectivity index (χ2n) is 4.45. The molecular weight excluding hydrogens is 304 g/mol. The first-order valence-corrected chi connectivity index (χ1v) is 6.72. The van der Waals surface area contributed by atoms with Gasteiger partial charge in [-0.25, -0.2) is 0 Å². The molecule has 0 saturated carbocycles. The molecule has 112 valence electrons. The number of hydrogen-bond acceptors (Lipinski definition) is 4. The summed E-state index contributed by atoms with van der Waals surface area (Å²) in [6.45, 7) is 0.237. The van der Waals surface area contributed by atoms with Crippen molar-refractivity contribution in [3.63, 3.8) is 0 Å². The highest BCUT2D eigenvalue weighted by Crippen LogP contribution is 2.36. The maximum absolute atomic E-state index is 11.0. The van der Waals surface area contributed by atoms with E-state index in [1.165, 1.54) is 13.2 Å². The van der Waals surface area contributed by atoms with Crippen LogP contribution in [0.15, 0.2) is 36.4 Å². The summed E-state index contributed by atoms with van der Waals surface area (Å²) >= 11 is 6.11. The molecule has 22 heavy (non-hydrogen) atoms. The zero-order chi connectivity index (χ0) is 16.1. The SMILES string of the molecule is COc1cc(C#N)cc(Cl)c1OCc1ccc(C(N)=O)cc1. The van der Waals surface area contributed by atoms with Crippen LogP contribution in [0.25, 0.3) is 0 Å². The van der Waals surface area contributed by atoms with Gasteiger partial charge in [-0.1, -0.05) is 23.7 Å². The van der Waals surface area contributed by atoms with E-state index in [4.69, 9.17) is 32.1 Å². The fourth-order valence-electron chi connectivity index (χ4n) is 1.85. The summed E-state index contributed by atoms with van der Waals surface area (Å²) in [5.41, 5.74) is 6.84. The smallest absolute Gasteiger partial charge is 0.248 e. The number of nitrogens with zero attached hydrogens (tertiary/aromatic N) is 1. The standard InChI is InChI=1S/C16H13ClN2O3/c1-21-14-7-11(8-18)6-13(17)15(14)22-9-10-2-4-12(5-3-10)16(19)20/h2-7H,9H2,1H3,(H2,19,20). The second kappa shape index (κ2) is 6.83. The number of carbonyl (C=O) groups excluding carboxylic acids is 1. The van der Waals surface area contributed by atoms with E-state index in [1.54, 1.807) is 30.3 Å². The number of hydrogen-bond donors (Lipinski definition) is 1. The Morgan fingerprint density at radius 1 is 1.32 bits per heavy atom. The minimum absolute atomic E-state index is 0.237. The zero-order valence-corrected chi connectivity index (χ0v) is 12.6. The molecule has 2 aromatic carbocycles. The normalized spacial score (nSPS) is 9.86. The minimum Gasteiger partial charge on any atom is -0.493 e. The third-order valence-corrected chi connectivity index (χ3v) is 3.26. The molecule has 0 aliphatic carbocycles. The average Bonchev–Trinajstić information content (AvgIpc) is 2.53. The molecule has 5 nitrogen and oxygen atoms in total. The summed E-state index contributed by atoms with van der Waals surface area (Å²) in [5.74, 6) is 0.268. The Hall–Kier alpha value is -2.71. The van der Waals surface area contributed by atoms with Gasteiger partial charge in [-0.15, -0.1) is 0 Å². The number of methoxy groups -OCH3 is 1. The predicted molar refractivity (Wildman–Crippen MR) is 82.0 cm³/mol. The highest BCUT2D eigenvalue weighted by Gasteiger charge is 2.12. The summed E-state index contributed by atoms with van der Waals surface area (Å²) < 4.78 is 10.8. The van der Waals surface area contributed by atoms with Gasteiger partial charge in [0.25, 0.3) is 0 Å². The van der Waals surface area contributed by atoms with Gasteiger partial charge in [-0.3, -0.25) is 4.79 Å². The number of halogens is 1. The van der Waals surface area contributed by atoms with Crippen LogP contribution in [0, 0.1) is 11.3 Å². The fourth-order valence-corrected chi connectivity index (χ4v) is 2.11. The molecule has 0 bridgehead atoms. The summed E-state index contributed by atoms with van der Waals surface area (Å²) in [5, 5.41) is 9.20. The summed E-state index contributed by atoms with van der Waals surface area (Å²) in [4.78, 5) is 11.0. The molecule has 0 aliphatic rings. The molecule has 0 heterocycles. The van der Waals surface area contributed by atoms with Crippen molar-refractivity contribution in [1.29, 1.82) is 5.26 Å². The molecular formula is C16H13ClN2O3. The molecule has 0 radical (unpaired) electrons. The molecule has 0 atom stereocenters. The molecule has 0 aliphatic heterocycles. The van der Waals surface area contributed by atoms with E-state index < -0.39 is 5.91 Å². The highest BCUT2D eigenvalue weighted by atomic mass is 35.5. The van der Waals surface area contributed by atoms with E-state index in [1.807, 2.05) is 6.07 Å². The van der Waals surface area contributed by atoms with Crippen LogP contribution in [0.4, 0.5) is 0 Å². The van der Waals surface area contributed by atoms with Crippen molar-refractivity contribution in [2.24, 2.45) is 5.73 Å². The number of rotatable bonds is 5. The topological polar surface area (TPSA) is 85.3 Å². The lowest BCUT2D eigenvalue weighted by Gasteiger charge is -2.13. The molecule has 0 fully saturated rings. The Balaban J connectivity index is 2.17. The number of primary amides is 1. The van der Waals surface area contributed by atoms with Gasteiger partial charge in [-0.05, 0) is 23.8 Å². The largest absolute Gasteiger partial charge is 0.493 e. The van der Waals surface area contributed by atoms with Gasteiger partial charge in [0.05, 0.1) is 23.8 Å². The molecule has 1 amide bonds. The maximum atomic E-state index is 11.0. The maximum Gasteiger partial charge on any atom is 0.248 e. The van der Waals surface area contributed by atoms with E-state index in [0.717, 1.165) is 5.56 Å². The fraction of sp³-hybridized carbons (Fsp3) is 0.125. The predicted octanol–water partition coefficient (Wildman–Crippen LogP) is 2.90. The van der Waals surface area contributed by atoms with E-state index in [-0.39, 0.29) is 6.61 Å². The van der Waals surface area contributed by atoms with E-state index in [9.17, 15) is 4.79 Å². The van der Waals surface area contributed by atoms with Gasteiger partial charge in [0.15, 0.2) is 11.5 Å². The van der Waals surface area contributed by atoms with Crippen molar-refractivity contribution in [2.75, 3.05) is 7.11 Å². The van der Waals surface area contributed by atoms with Crippen LogP contribution in [0.2, 0.25) is 5.02 Å².